The van der Waals surface area contributed by atoms with Crippen LogP contribution in [0.15, 0.2) is 14.3 Å². The van der Waals surface area contributed by atoms with Crippen LogP contribution in [0, 0.1) is 0 Å². The lowest BCUT2D eigenvalue weighted by Gasteiger charge is -2.10. The van der Waals surface area contributed by atoms with Gasteiger partial charge in [0.2, 0.25) is 5.91 Å². The number of amides is 1. The number of aryl methyl sites for hydroxylation is 2. The van der Waals surface area contributed by atoms with Gasteiger partial charge in [-0.25, -0.2) is 9.59 Å². The molecule has 2 N–H and O–H groups in total. The molecule has 2 aromatic rings. The van der Waals surface area contributed by atoms with Crippen molar-refractivity contribution in [3.05, 3.63) is 26.4 Å². The van der Waals surface area contributed by atoms with Crippen molar-refractivity contribution in [2.75, 3.05) is 18.2 Å². The van der Waals surface area contributed by atoms with Crippen LogP contribution in [-0.2, 0) is 29.4 Å². The van der Waals surface area contributed by atoms with E-state index in [-0.39, 0.29) is 11.7 Å². The minimum Gasteiger partial charge on any atom is -0.465 e. The van der Waals surface area contributed by atoms with Gasteiger partial charge >= 0.3 is 16.6 Å². The number of nitrogens with one attached hydrogen (secondary N) is 2. The summed E-state index contributed by atoms with van der Waals surface area (Å²) in [4.78, 5) is 37.5. The fourth-order valence-corrected chi connectivity index (χ4v) is 5.13. The molecule has 0 fully saturated rings. The van der Waals surface area contributed by atoms with Gasteiger partial charge in [-0.2, -0.15) is 0 Å². The number of hydrogen-bond acceptors (Lipinski definition) is 7. The number of carbonyl (C=O) groups is 2. The lowest BCUT2D eigenvalue weighted by Crippen LogP contribution is -2.34. The van der Waals surface area contributed by atoms with Crippen molar-refractivity contribution in [2.45, 2.75) is 43.6 Å². The standard InChI is InChI=1S/C17H21N3O5S2/c1-20-15(17(23)25-19-20)26-9-12(21)18-14-13(16(22)24-2)10-7-5-3-4-6-8-11(10)27-14/h3-9H2,1-2H3,(H-,18,19,21,22,23)/p+1. The molecule has 0 unspecified atom stereocenters. The van der Waals surface area contributed by atoms with Crippen LogP contribution >= 0.6 is 23.1 Å². The summed E-state index contributed by atoms with van der Waals surface area (Å²) in [6.45, 7) is 0. The molecule has 8 nitrogen and oxygen atoms in total. The number of aromatic nitrogens is 2. The average Bonchev–Trinajstić information content (AvgIpc) is 3.12. The number of anilines is 1. The van der Waals surface area contributed by atoms with Crippen LogP contribution in [0.25, 0.3) is 0 Å². The van der Waals surface area contributed by atoms with E-state index in [0.717, 1.165) is 54.3 Å². The predicted molar refractivity (Wildman–Crippen MR) is 101 cm³/mol. The second-order valence-corrected chi connectivity index (χ2v) is 8.36. The highest BCUT2D eigenvalue weighted by atomic mass is 32.2. The summed E-state index contributed by atoms with van der Waals surface area (Å²) in [5, 5.41) is 6.07. The predicted octanol–water partition coefficient (Wildman–Crippen LogP) is 2.03. The summed E-state index contributed by atoms with van der Waals surface area (Å²) in [6.07, 6.45) is 6.16. The van der Waals surface area contributed by atoms with Gasteiger partial charge in [0.25, 0.3) is 0 Å². The van der Waals surface area contributed by atoms with Gasteiger partial charge in [0.05, 0.1) is 18.4 Å². The van der Waals surface area contributed by atoms with E-state index < -0.39 is 11.6 Å². The molecule has 0 atom stereocenters. The smallest absolute Gasteiger partial charge is 0.441 e. The number of carbonyl (C=O) groups excluding carboxylic acids is 2. The van der Waals surface area contributed by atoms with Gasteiger partial charge in [-0.05, 0) is 48.3 Å². The van der Waals surface area contributed by atoms with Crippen molar-refractivity contribution >= 4 is 40.0 Å². The Morgan fingerprint density at radius 1 is 1.30 bits per heavy atom. The average molecular weight is 413 g/mol. The molecule has 146 valence electrons. The quantitative estimate of drug-likeness (QED) is 0.442. The summed E-state index contributed by atoms with van der Waals surface area (Å²) in [5.74, 6) is -0.687. The number of nitrogens with zero attached hydrogens (tertiary/aromatic N) is 1. The molecule has 0 aliphatic heterocycles. The van der Waals surface area contributed by atoms with Gasteiger partial charge in [0.15, 0.2) is 7.05 Å². The van der Waals surface area contributed by atoms with Crippen LogP contribution < -0.4 is 15.6 Å². The summed E-state index contributed by atoms with van der Waals surface area (Å²) in [5.41, 5.74) is 0.960. The van der Waals surface area contributed by atoms with Crippen LogP contribution in [0.1, 0.15) is 46.5 Å². The maximum atomic E-state index is 12.4. The number of hydrogen-bond donors (Lipinski definition) is 2. The van der Waals surface area contributed by atoms with Crippen molar-refractivity contribution in [3.63, 3.8) is 0 Å². The van der Waals surface area contributed by atoms with Crippen LogP contribution in [0.4, 0.5) is 5.00 Å². The van der Waals surface area contributed by atoms with E-state index in [4.69, 9.17) is 4.74 Å². The molecule has 0 radical (unpaired) electrons. The van der Waals surface area contributed by atoms with Crippen LogP contribution in [0.5, 0.6) is 0 Å². The monoisotopic (exact) mass is 412 g/mol. The molecule has 2 aromatic heterocycles. The lowest BCUT2D eigenvalue weighted by atomic mass is 9.96. The normalized spacial score (nSPS) is 14.1. The first-order valence-corrected chi connectivity index (χ1v) is 10.5. The number of aromatic amines is 1. The van der Waals surface area contributed by atoms with Crippen molar-refractivity contribution in [3.8, 4) is 0 Å². The van der Waals surface area contributed by atoms with Gasteiger partial charge in [-0.1, -0.05) is 17.5 Å². The summed E-state index contributed by atoms with van der Waals surface area (Å²) >= 11 is 2.52. The molecule has 0 saturated carbocycles. The molecule has 1 aliphatic rings. The molecule has 27 heavy (non-hydrogen) atoms. The maximum Gasteiger partial charge on any atom is 0.441 e. The number of H-pyrrole nitrogens is 1. The molecule has 1 amide bonds. The summed E-state index contributed by atoms with van der Waals surface area (Å²) in [6, 6.07) is 0. The molecular formula is C17H22N3O5S2+. The van der Waals surface area contributed by atoms with E-state index in [9.17, 15) is 14.4 Å². The number of thioether (sulfide) groups is 1. The van der Waals surface area contributed by atoms with Gasteiger partial charge in [0, 0.05) is 4.88 Å². The fraction of sp³-hybridized carbons (Fsp3) is 0.529. The third kappa shape index (κ3) is 4.44. The van der Waals surface area contributed by atoms with Crippen molar-refractivity contribution in [1.29, 1.82) is 0 Å². The molecule has 0 bridgehead atoms. The highest BCUT2D eigenvalue weighted by Crippen LogP contribution is 2.37. The first-order chi connectivity index (χ1) is 13.0. The van der Waals surface area contributed by atoms with Gasteiger partial charge in [-0.15, -0.1) is 11.3 Å². The zero-order valence-electron chi connectivity index (χ0n) is 15.3. The van der Waals surface area contributed by atoms with Gasteiger partial charge in [0.1, 0.15) is 5.00 Å². The number of methoxy groups -OCH3 is 1. The molecule has 0 aromatic carbocycles. The molecule has 0 saturated heterocycles. The van der Waals surface area contributed by atoms with E-state index in [2.05, 4.69) is 15.1 Å². The van der Waals surface area contributed by atoms with Crippen molar-refractivity contribution in [2.24, 2.45) is 7.05 Å². The van der Waals surface area contributed by atoms with E-state index >= 15 is 0 Å². The highest BCUT2D eigenvalue weighted by Gasteiger charge is 2.26. The summed E-state index contributed by atoms with van der Waals surface area (Å²) in [7, 11) is 2.97. The zero-order chi connectivity index (χ0) is 19.4. The second-order valence-electron chi connectivity index (χ2n) is 6.30. The van der Waals surface area contributed by atoms with Gasteiger partial charge < -0.3 is 10.1 Å². The Morgan fingerprint density at radius 3 is 2.70 bits per heavy atom. The number of thiophene rings is 1. The first kappa shape index (κ1) is 19.7. The Labute approximate surface area is 164 Å². The summed E-state index contributed by atoms with van der Waals surface area (Å²) < 4.78 is 11.0. The van der Waals surface area contributed by atoms with Crippen LogP contribution in [0.2, 0.25) is 0 Å². The number of rotatable bonds is 5. The Balaban J connectivity index is 1.78. The minimum absolute atomic E-state index is 0.0274. The van der Waals surface area contributed by atoms with Gasteiger partial charge in [-0.3, -0.25) is 9.32 Å². The molecule has 0 spiro atoms. The third-order valence-electron chi connectivity index (χ3n) is 4.41. The van der Waals surface area contributed by atoms with E-state index in [1.165, 1.54) is 29.5 Å². The maximum absolute atomic E-state index is 12.4. The first-order valence-electron chi connectivity index (χ1n) is 8.74. The van der Waals surface area contributed by atoms with E-state index in [1.807, 2.05) is 0 Å². The van der Waals surface area contributed by atoms with Crippen LogP contribution in [0.3, 0.4) is 0 Å². The highest BCUT2D eigenvalue weighted by molar-refractivity contribution is 7.99. The topological polar surface area (TPSA) is 105 Å². The largest absolute Gasteiger partial charge is 0.465 e. The fourth-order valence-electron chi connectivity index (χ4n) is 3.11. The minimum atomic E-state index is -0.523. The van der Waals surface area contributed by atoms with Crippen LogP contribution in [-0.4, -0.2) is 30.0 Å². The van der Waals surface area contributed by atoms with E-state index in [0.29, 0.717) is 15.6 Å². The number of esters is 1. The Kier molecular flexibility index (Phi) is 6.38. The second kappa shape index (κ2) is 8.75. The lowest BCUT2D eigenvalue weighted by molar-refractivity contribution is -0.772. The molecule has 10 heteroatoms. The Morgan fingerprint density at radius 2 is 2.04 bits per heavy atom. The molecular weight excluding hydrogens is 390 g/mol. The van der Waals surface area contributed by atoms with E-state index in [1.54, 1.807) is 7.05 Å². The Bertz CT molecular complexity index is 899. The zero-order valence-corrected chi connectivity index (χ0v) is 16.9. The third-order valence-corrected chi connectivity index (χ3v) is 6.74. The molecule has 2 heterocycles. The number of ether oxygens (including phenoxy) is 1. The van der Waals surface area contributed by atoms with Crippen molar-refractivity contribution in [1.82, 2.24) is 5.27 Å². The van der Waals surface area contributed by atoms with Crippen molar-refractivity contribution < 1.29 is 23.5 Å². The Hall–Kier alpha value is -2.07. The SMILES string of the molecule is COC(=O)c1c(NC(=O)CSc2c(=O)o[nH][n+]2C)sc2c1CCCCCC2. The number of fused-ring (bicyclic) bond motifs is 1. The molecule has 3 rings (SSSR count). The molecule has 1 aliphatic carbocycles.